The van der Waals surface area contributed by atoms with Gasteiger partial charge in [-0.25, -0.2) is 9.55 Å². The van der Waals surface area contributed by atoms with Crippen LogP contribution in [0.4, 0.5) is 5.82 Å². The zero-order valence-electron chi connectivity index (χ0n) is 11.2. The van der Waals surface area contributed by atoms with Crippen LogP contribution >= 0.6 is 0 Å². The molecule has 1 N–H and O–H groups in total. The average molecular weight is 268 g/mol. The number of aromatic nitrogens is 2. The first-order valence-corrected chi connectivity index (χ1v) is 6.65. The fourth-order valence-corrected chi connectivity index (χ4v) is 2.67. The summed E-state index contributed by atoms with van der Waals surface area (Å²) in [5, 5.41) is 20.2. The molecule has 7 nitrogen and oxygen atoms in total. The van der Waals surface area contributed by atoms with Crippen LogP contribution in [0.2, 0.25) is 0 Å². The minimum absolute atomic E-state index is 0.0371. The standard InChI is InChI=1S/C12H20N4O3/c1-10-13-8-12(16(18)19)15(10)7-6-14-5-3-2-4-11(14)9-17/h8,11,17H,2-7,9H2,1H3. The number of likely N-dealkylation sites (tertiary alicyclic amines) is 1. The van der Waals surface area contributed by atoms with Gasteiger partial charge < -0.3 is 15.2 Å². The lowest BCUT2D eigenvalue weighted by molar-refractivity contribution is -0.392. The Balaban J connectivity index is 2.01. The van der Waals surface area contributed by atoms with Gasteiger partial charge in [-0.05, 0) is 24.3 Å². The van der Waals surface area contributed by atoms with E-state index in [0.717, 1.165) is 25.8 Å². The van der Waals surface area contributed by atoms with Crippen LogP contribution in [0.1, 0.15) is 25.1 Å². The molecule has 1 unspecified atom stereocenters. The van der Waals surface area contributed by atoms with Crippen molar-refractivity contribution < 1.29 is 10.0 Å². The molecule has 0 radical (unpaired) electrons. The van der Waals surface area contributed by atoms with Crippen LogP contribution in [0.5, 0.6) is 0 Å². The third-order valence-electron chi connectivity index (χ3n) is 3.79. The third-order valence-corrected chi connectivity index (χ3v) is 3.79. The summed E-state index contributed by atoms with van der Waals surface area (Å²) in [6, 6.07) is 0.191. The molecular formula is C12H20N4O3. The Kier molecular flexibility index (Phi) is 4.49. The molecule has 19 heavy (non-hydrogen) atoms. The fourth-order valence-electron chi connectivity index (χ4n) is 2.67. The lowest BCUT2D eigenvalue weighted by Gasteiger charge is -2.34. The van der Waals surface area contributed by atoms with E-state index in [1.54, 1.807) is 11.5 Å². The number of nitro groups is 1. The molecule has 1 fully saturated rings. The van der Waals surface area contributed by atoms with Crippen molar-refractivity contribution in [2.75, 3.05) is 19.7 Å². The summed E-state index contributed by atoms with van der Waals surface area (Å²) in [6.45, 7) is 4.13. The number of aliphatic hydroxyl groups excluding tert-OH is 1. The van der Waals surface area contributed by atoms with E-state index in [1.165, 1.54) is 6.20 Å². The summed E-state index contributed by atoms with van der Waals surface area (Å²) in [5.74, 6) is 0.694. The van der Waals surface area contributed by atoms with Gasteiger partial charge in [0, 0.05) is 19.5 Å². The predicted octanol–water partition coefficient (Wildman–Crippen LogP) is 0.947. The molecule has 106 valence electrons. The van der Waals surface area contributed by atoms with Crippen molar-refractivity contribution in [2.45, 2.75) is 38.8 Å². The Morgan fingerprint density at radius 2 is 2.32 bits per heavy atom. The largest absolute Gasteiger partial charge is 0.395 e. The highest BCUT2D eigenvalue weighted by atomic mass is 16.6. The summed E-state index contributed by atoms with van der Waals surface area (Å²) in [5.41, 5.74) is 0. The number of hydrogen-bond donors (Lipinski definition) is 1. The normalized spacial score (nSPS) is 20.6. The number of hydrogen-bond acceptors (Lipinski definition) is 5. The minimum Gasteiger partial charge on any atom is -0.395 e. The summed E-state index contributed by atoms with van der Waals surface area (Å²) < 4.78 is 1.63. The van der Waals surface area contributed by atoms with E-state index in [4.69, 9.17) is 0 Å². The first-order valence-electron chi connectivity index (χ1n) is 6.65. The summed E-state index contributed by atoms with van der Waals surface area (Å²) in [4.78, 5) is 16.7. The van der Waals surface area contributed by atoms with Gasteiger partial charge in [-0.1, -0.05) is 6.42 Å². The zero-order valence-corrected chi connectivity index (χ0v) is 11.2. The van der Waals surface area contributed by atoms with Gasteiger partial charge in [-0.2, -0.15) is 0 Å². The van der Waals surface area contributed by atoms with Gasteiger partial charge in [0.25, 0.3) is 0 Å². The number of nitrogens with zero attached hydrogens (tertiary/aromatic N) is 4. The van der Waals surface area contributed by atoms with Crippen LogP contribution in [-0.2, 0) is 6.54 Å². The second-order valence-electron chi connectivity index (χ2n) is 4.94. The Labute approximate surface area is 112 Å². The highest BCUT2D eigenvalue weighted by Gasteiger charge is 2.24. The molecule has 0 aliphatic carbocycles. The van der Waals surface area contributed by atoms with Gasteiger partial charge in [-0.3, -0.25) is 4.90 Å². The molecule has 1 atom stereocenters. The Morgan fingerprint density at radius 3 is 3.00 bits per heavy atom. The van der Waals surface area contributed by atoms with Gasteiger partial charge in [0.15, 0.2) is 5.82 Å². The van der Waals surface area contributed by atoms with E-state index in [9.17, 15) is 15.2 Å². The summed E-state index contributed by atoms with van der Waals surface area (Å²) >= 11 is 0. The zero-order chi connectivity index (χ0) is 13.8. The predicted molar refractivity (Wildman–Crippen MR) is 69.9 cm³/mol. The highest BCUT2D eigenvalue weighted by Crippen LogP contribution is 2.18. The lowest BCUT2D eigenvalue weighted by Crippen LogP contribution is -2.43. The molecule has 1 saturated heterocycles. The molecule has 2 rings (SSSR count). The second kappa shape index (κ2) is 6.12. The molecule has 1 aliphatic heterocycles. The number of imidazole rings is 1. The molecule has 1 aromatic rings. The number of rotatable bonds is 5. The van der Waals surface area contributed by atoms with Crippen LogP contribution in [0.15, 0.2) is 6.20 Å². The summed E-state index contributed by atoms with van der Waals surface area (Å²) in [6.07, 6.45) is 4.57. The lowest BCUT2D eigenvalue weighted by atomic mass is 10.0. The van der Waals surface area contributed by atoms with E-state index in [-0.39, 0.29) is 18.5 Å². The van der Waals surface area contributed by atoms with E-state index in [0.29, 0.717) is 18.9 Å². The van der Waals surface area contributed by atoms with Gasteiger partial charge in [0.2, 0.25) is 0 Å². The van der Waals surface area contributed by atoms with E-state index in [1.807, 2.05) is 0 Å². The van der Waals surface area contributed by atoms with Crippen LogP contribution in [0.25, 0.3) is 0 Å². The quantitative estimate of drug-likeness (QED) is 0.634. The maximum Gasteiger partial charge on any atom is 0.342 e. The van der Waals surface area contributed by atoms with Crippen LogP contribution in [0.3, 0.4) is 0 Å². The van der Waals surface area contributed by atoms with Crippen molar-refractivity contribution in [2.24, 2.45) is 0 Å². The smallest absolute Gasteiger partial charge is 0.342 e. The van der Waals surface area contributed by atoms with Crippen LogP contribution in [0, 0.1) is 17.0 Å². The van der Waals surface area contributed by atoms with E-state index < -0.39 is 4.92 Å². The molecule has 0 amide bonds. The Hall–Kier alpha value is -1.47. The average Bonchev–Trinajstić information content (AvgIpc) is 2.78. The molecule has 7 heteroatoms. The van der Waals surface area contributed by atoms with E-state index in [2.05, 4.69) is 9.88 Å². The number of piperidine rings is 1. The maximum absolute atomic E-state index is 10.9. The number of aliphatic hydroxyl groups is 1. The van der Waals surface area contributed by atoms with E-state index >= 15 is 0 Å². The van der Waals surface area contributed by atoms with Gasteiger partial charge in [0.1, 0.15) is 12.7 Å². The first kappa shape index (κ1) is 14.0. The second-order valence-corrected chi connectivity index (χ2v) is 4.94. The van der Waals surface area contributed by atoms with Crippen molar-refractivity contribution in [1.29, 1.82) is 0 Å². The van der Waals surface area contributed by atoms with Crippen molar-refractivity contribution >= 4 is 5.82 Å². The summed E-state index contributed by atoms with van der Waals surface area (Å²) in [7, 11) is 0. The molecule has 0 spiro atoms. The van der Waals surface area contributed by atoms with Gasteiger partial charge in [0.05, 0.1) is 6.61 Å². The van der Waals surface area contributed by atoms with Crippen molar-refractivity contribution in [3.8, 4) is 0 Å². The van der Waals surface area contributed by atoms with Crippen LogP contribution in [-0.4, -0.2) is 50.2 Å². The van der Waals surface area contributed by atoms with Gasteiger partial charge in [-0.15, -0.1) is 0 Å². The molecule has 1 aromatic heterocycles. The Morgan fingerprint density at radius 1 is 1.53 bits per heavy atom. The molecular weight excluding hydrogens is 248 g/mol. The highest BCUT2D eigenvalue weighted by molar-refractivity contribution is 5.18. The molecule has 0 bridgehead atoms. The third kappa shape index (κ3) is 3.10. The monoisotopic (exact) mass is 268 g/mol. The first-order chi connectivity index (χ1) is 9.13. The minimum atomic E-state index is -0.403. The topological polar surface area (TPSA) is 84.4 Å². The molecule has 0 saturated carbocycles. The van der Waals surface area contributed by atoms with Crippen molar-refractivity contribution in [1.82, 2.24) is 14.5 Å². The maximum atomic E-state index is 10.9. The molecule has 2 heterocycles. The number of aryl methyl sites for hydroxylation is 1. The van der Waals surface area contributed by atoms with Crippen LogP contribution < -0.4 is 0 Å². The van der Waals surface area contributed by atoms with Gasteiger partial charge >= 0.3 is 5.82 Å². The Bertz CT molecular complexity index is 446. The molecule has 1 aliphatic rings. The van der Waals surface area contributed by atoms with Crippen molar-refractivity contribution in [3.63, 3.8) is 0 Å². The fraction of sp³-hybridized carbons (Fsp3) is 0.750. The molecule has 0 aromatic carbocycles. The SMILES string of the molecule is Cc1ncc([N+](=O)[O-])n1CCN1CCCCC1CO. The van der Waals surface area contributed by atoms with Crippen molar-refractivity contribution in [3.05, 3.63) is 22.1 Å².